The predicted molar refractivity (Wildman–Crippen MR) is 116 cm³/mol. The van der Waals surface area contributed by atoms with Crippen molar-refractivity contribution in [3.8, 4) is 0 Å². The van der Waals surface area contributed by atoms with Gasteiger partial charge in [0.1, 0.15) is 0 Å². The average Bonchev–Trinajstić information content (AvgIpc) is 2.68. The number of rotatable bonds is 7. The molecule has 1 aromatic carbocycles. The van der Waals surface area contributed by atoms with Crippen LogP contribution in [0.3, 0.4) is 0 Å². The minimum Gasteiger partial charge on any atom is -0.352 e. The van der Waals surface area contributed by atoms with E-state index in [0.717, 1.165) is 19.4 Å². The number of nitrogens with zero attached hydrogens (tertiary/aromatic N) is 2. The number of amides is 1. The number of fused-ring (bicyclic) bond motifs is 1. The van der Waals surface area contributed by atoms with Crippen molar-refractivity contribution >= 4 is 29.0 Å². The molecule has 1 atom stereocenters. The van der Waals surface area contributed by atoms with E-state index in [0.29, 0.717) is 40.4 Å². The van der Waals surface area contributed by atoms with Gasteiger partial charge in [-0.15, -0.1) is 0 Å². The van der Waals surface area contributed by atoms with Gasteiger partial charge in [0.05, 0.1) is 10.9 Å². The molecule has 6 nitrogen and oxygen atoms in total. The molecule has 1 fully saturated rings. The maximum absolute atomic E-state index is 12.5. The lowest BCUT2D eigenvalue weighted by Gasteiger charge is -2.33. The second-order valence-corrected chi connectivity index (χ2v) is 7.97. The molecule has 2 N–H and O–H groups in total. The van der Waals surface area contributed by atoms with E-state index in [-0.39, 0.29) is 11.5 Å². The van der Waals surface area contributed by atoms with Crippen LogP contribution >= 0.6 is 12.2 Å². The van der Waals surface area contributed by atoms with Gasteiger partial charge in [-0.1, -0.05) is 6.42 Å². The van der Waals surface area contributed by atoms with E-state index in [1.54, 1.807) is 18.2 Å². The normalized spacial score (nSPS) is 17.7. The van der Waals surface area contributed by atoms with Gasteiger partial charge in [-0.2, -0.15) is 0 Å². The fourth-order valence-electron chi connectivity index (χ4n) is 3.92. The molecule has 1 amide bonds. The largest absolute Gasteiger partial charge is 0.352 e. The number of piperidine rings is 1. The number of likely N-dealkylation sites (tertiary alicyclic amines) is 1. The fourth-order valence-corrected chi connectivity index (χ4v) is 4.24. The van der Waals surface area contributed by atoms with Gasteiger partial charge < -0.3 is 15.2 Å². The number of hydrogen-bond donors (Lipinski definition) is 2. The van der Waals surface area contributed by atoms with Gasteiger partial charge in [0.2, 0.25) is 0 Å². The minimum absolute atomic E-state index is 0.118. The van der Waals surface area contributed by atoms with Crippen molar-refractivity contribution in [2.45, 2.75) is 58.5 Å². The molecule has 1 aromatic heterocycles. The van der Waals surface area contributed by atoms with Crippen molar-refractivity contribution in [2.24, 2.45) is 0 Å². The Morgan fingerprint density at radius 1 is 1.32 bits per heavy atom. The first-order valence-corrected chi connectivity index (χ1v) is 10.7. The first-order valence-electron chi connectivity index (χ1n) is 10.3. The van der Waals surface area contributed by atoms with Crippen LogP contribution in [0, 0.1) is 4.77 Å². The number of carbonyl (C=O) groups excluding carboxylic acids is 1. The van der Waals surface area contributed by atoms with Crippen LogP contribution in [0.1, 0.15) is 56.3 Å². The molecular weight excluding hydrogens is 372 g/mol. The molecule has 0 aliphatic carbocycles. The molecule has 1 aliphatic heterocycles. The summed E-state index contributed by atoms with van der Waals surface area (Å²) >= 11 is 5.24. The summed E-state index contributed by atoms with van der Waals surface area (Å²) in [6, 6.07) is 5.79. The van der Waals surface area contributed by atoms with Gasteiger partial charge in [-0.05, 0) is 83.0 Å². The Bertz CT molecular complexity index is 950. The molecule has 1 unspecified atom stereocenters. The quantitative estimate of drug-likeness (QED) is 0.550. The maximum atomic E-state index is 12.5. The second-order valence-electron chi connectivity index (χ2n) is 7.58. The molecule has 0 saturated carbocycles. The van der Waals surface area contributed by atoms with E-state index < -0.39 is 0 Å². The van der Waals surface area contributed by atoms with Gasteiger partial charge in [0, 0.05) is 24.7 Å². The van der Waals surface area contributed by atoms with Gasteiger partial charge >= 0.3 is 0 Å². The van der Waals surface area contributed by atoms with Crippen LogP contribution in [0.5, 0.6) is 0 Å². The second kappa shape index (κ2) is 9.47. The summed E-state index contributed by atoms with van der Waals surface area (Å²) < 4.78 is 1.89. The molecule has 3 rings (SSSR count). The molecule has 7 heteroatoms. The Morgan fingerprint density at radius 3 is 2.89 bits per heavy atom. The summed E-state index contributed by atoms with van der Waals surface area (Å²) in [4.78, 5) is 30.5. The van der Waals surface area contributed by atoms with Gasteiger partial charge in [0.15, 0.2) is 4.77 Å². The van der Waals surface area contributed by atoms with Crippen molar-refractivity contribution in [2.75, 3.05) is 19.6 Å². The molecule has 2 heterocycles. The number of hydrogen-bond acceptors (Lipinski definition) is 4. The first-order chi connectivity index (χ1) is 13.5. The van der Waals surface area contributed by atoms with Crippen molar-refractivity contribution in [1.29, 1.82) is 0 Å². The van der Waals surface area contributed by atoms with E-state index in [9.17, 15) is 9.59 Å². The van der Waals surface area contributed by atoms with Crippen LogP contribution in [0.25, 0.3) is 10.9 Å². The molecule has 0 radical (unpaired) electrons. The van der Waals surface area contributed by atoms with E-state index >= 15 is 0 Å². The van der Waals surface area contributed by atoms with Crippen LogP contribution in [-0.2, 0) is 6.54 Å². The highest BCUT2D eigenvalue weighted by Gasteiger charge is 2.17. The van der Waals surface area contributed by atoms with Crippen LogP contribution < -0.4 is 10.9 Å². The lowest BCUT2D eigenvalue weighted by atomic mass is 10.0. The lowest BCUT2D eigenvalue weighted by Crippen LogP contribution is -2.38. The third-order valence-corrected chi connectivity index (χ3v) is 5.98. The minimum atomic E-state index is -0.125. The highest BCUT2D eigenvalue weighted by atomic mass is 32.1. The zero-order valence-corrected chi connectivity index (χ0v) is 17.6. The van der Waals surface area contributed by atoms with E-state index in [4.69, 9.17) is 12.2 Å². The Balaban J connectivity index is 1.55. The Hall–Kier alpha value is -1.99. The molecule has 152 valence electrons. The Labute approximate surface area is 170 Å². The third kappa shape index (κ3) is 4.70. The SMILES string of the molecule is CCn1c(=S)[nH]c2cc(C(=O)NCCCCN3CCCCC3C)ccc2c1=O. The highest BCUT2D eigenvalue weighted by molar-refractivity contribution is 7.71. The highest BCUT2D eigenvalue weighted by Crippen LogP contribution is 2.16. The van der Waals surface area contributed by atoms with Crippen molar-refractivity contribution in [1.82, 2.24) is 19.8 Å². The number of benzene rings is 1. The van der Waals surface area contributed by atoms with Crippen LogP contribution in [0.4, 0.5) is 0 Å². The standard InChI is InChI=1S/C21H30N4O2S/c1-3-25-20(27)17-10-9-16(14-18(17)23-21(25)28)19(26)22-11-5-7-13-24-12-6-4-8-15(24)2/h9-10,14-15H,3-8,11-13H2,1-2H3,(H,22,26)(H,23,28). The Kier molecular flexibility index (Phi) is 7.02. The number of carbonyl (C=O) groups is 1. The van der Waals surface area contributed by atoms with E-state index in [2.05, 4.69) is 22.1 Å². The monoisotopic (exact) mass is 402 g/mol. The smallest absolute Gasteiger partial charge is 0.262 e. The van der Waals surface area contributed by atoms with E-state index in [1.165, 1.54) is 30.4 Å². The van der Waals surface area contributed by atoms with Crippen LogP contribution in [0.15, 0.2) is 23.0 Å². The summed E-state index contributed by atoms with van der Waals surface area (Å²) in [5, 5.41) is 3.53. The van der Waals surface area contributed by atoms with Gasteiger partial charge in [-0.25, -0.2) is 0 Å². The Morgan fingerprint density at radius 2 is 2.14 bits per heavy atom. The van der Waals surface area contributed by atoms with Gasteiger partial charge in [0.25, 0.3) is 11.5 Å². The average molecular weight is 403 g/mol. The van der Waals surface area contributed by atoms with Crippen molar-refractivity contribution < 1.29 is 4.79 Å². The summed E-state index contributed by atoms with van der Waals surface area (Å²) in [7, 11) is 0. The molecule has 0 bridgehead atoms. The summed E-state index contributed by atoms with van der Waals surface area (Å²) in [6.07, 6.45) is 5.99. The number of H-pyrrole nitrogens is 1. The van der Waals surface area contributed by atoms with Crippen molar-refractivity contribution in [3.63, 3.8) is 0 Å². The third-order valence-electron chi connectivity index (χ3n) is 5.66. The number of aromatic amines is 1. The van der Waals surface area contributed by atoms with Crippen LogP contribution in [0.2, 0.25) is 0 Å². The molecule has 1 aliphatic rings. The number of unbranched alkanes of at least 4 members (excludes halogenated alkanes) is 1. The molecule has 1 saturated heterocycles. The first kappa shape index (κ1) is 20.7. The van der Waals surface area contributed by atoms with E-state index in [1.807, 2.05) is 6.92 Å². The number of nitrogens with one attached hydrogen (secondary N) is 2. The molecule has 0 spiro atoms. The predicted octanol–water partition coefficient (Wildman–Crippen LogP) is 3.46. The molecule has 2 aromatic rings. The van der Waals surface area contributed by atoms with Crippen LogP contribution in [-0.4, -0.2) is 46.0 Å². The zero-order valence-electron chi connectivity index (χ0n) is 16.8. The molecular formula is C21H30N4O2S. The van der Waals surface area contributed by atoms with Crippen molar-refractivity contribution in [3.05, 3.63) is 38.9 Å². The lowest BCUT2D eigenvalue weighted by molar-refractivity contribution is 0.0951. The fraction of sp³-hybridized carbons (Fsp3) is 0.571. The summed E-state index contributed by atoms with van der Waals surface area (Å²) in [5.41, 5.74) is 1.02. The summed E-state index contributed by atoms with van der Waals surface area (Å²) in [5.74, 6) is -0.118. The summed E-state index contributed by atoms with van der Waals surface area (Å²) in [6.45, 7) is 7.67. The molecule has 28 heavy (non-hydrogen) atoms. The number of aromatic nitrogens is 2. The van der Waals surface area contributed by atoms with Gasteiger partial charge in [-0.3, -0.25) is 14.2 Å². The zero-order chi connectivity index (χ0) is 20.1. The topological polar surface area (TPSA) is 70.1 Å². The maximum Gasteiger partial charge on any atom is 0.262 e.